The molecule has 0 spiro atoms. The van der Waals surface area contributed by atoms with Crippen molar-refractivity contribution >= 4 is 28.4 Å². The van der Waals surface area contributed by atoms with E-state index in [0.717, 1.165) is 11.3 Å². The van der Waals surface area contributed by atoms with Crippen LogP contribution in [0.4, 0.5) is 5.69 Å². The molecule has 0 aliphatic carbocycles. The van der Waals surface area contributed by atoms with E-state index in [1.54, 1.807) is 37.3 Å². The summed E-state index contributed by atoms with van der Waals surface area (Å²) in [6.45, 7) is 0.0816. The van der Waals surface area contributed by atoms with Gasteiger partial charge in [0, 0.05) is 23.7 Å². The number of carbonyl (C=O) groups is 2. The number of likely N-dealkylation sites (N-methyl/N-ethyl adjacent to an activating group) is 1. The maximum Gasteiger partial charge on any atom is 0.270 e. The summed E-state index contributed by atoms with van der Waals surface area (Å²) in [5.74, 6) is 0.364. The smallest absolute Gasteiger partial charge is 0.270 e. The lowest BCUT2D eigenvalue weighted by molar-refractivity contribution is -0.120. The summed E-state index contributed by atoms with van der Waals surface area (Å²) in [6, 6.07) is 24.0. The molecular weight excluding hydrogens is 444 g/mol. The molecular formula is C27H26N4O4. The summed E-state index contributed by atoms with van der Waals surface area (Å²) in [5.41, 5.74) is 8.32. The van der Waals surface area contributed by atoms with Crippen molar-refractivity contribution in [2.45, 2.75) is 0 Å². The lowest BCUT2D eigenvalue weighted by Crippen LogP contribution is -2.46. The number of rotatable bonds is 7. The standard InChI is InChI=1S/C27H26N4O4/c1-31(19-9-5-4-6-10-19)17-26(32)29-30-27(33)21-16-23(28-22-12-8-7-11-20(21)22)18-13-14-24(34-2)25(15-18)35-3/h4-16H,17H2,1-3H3,(H,29,32)(H,30,33). The third kappa shape index (κ3) is 5.33. The summed E-state index contributed by atoms with van der Waals surface area (Å²) in [4.78, 5) is 32.1. The van der Waals surface area contributed by atoms with Gasteiger partial charge in [0.25, 0.3) is 11.8 Å². The van der Waals surface area contributed by atoms with Gasteiger partial charge in [-0.2, -0.15) is 0 Å². The monoisotopic (exact) mass is 470 g/mol. The first-order valence-electron chi connectivity index (χ1n) is 11.0. The van der Waals surface area contributed by atoms with Gasteiger partial charge in [0.05, 0.1) is 37.5 Å². The van der Waals surface area contributed by atoms with Gasteiger partial charge in [-0.3, -0.25) is 20.4 Å². The molecule has 0 saturated heterocycles. The highest BCUT2D eigenvalue weighted by Crippen LogP contribution is 2.33. The molecule has 0 aliphatic heterocycles. The van der Waals surface area contributed by atoms with Crippen LogP contribution in [0.3, 0.4) is 0 Å². The first-order valence-corrected chi connectivity index (χ1v) is 11.0. The summed E-state index contributed by atoms with van der Waals surface area (Å²) in [7, 11) is 4.94. The predicted molar refractivity (Wildman–Crippen MR) is 136 cm³/mol. The molecule has 2 N–H and O–H groups in total. The van der Waals surface area contributed by atoms with Gasteiger partial charge in [0.15, 0.2) is 11.5 Å². The predicted octanol–water partition coefficient (Wildman–Crippen LogP) is 3.82. The van der Waals surface area contributed by atoms with Gasteiger partial charge in [-0.1, -0.05) is 36.4 Å². The molecule has 2 amide bonds. The van der Waals surface area contributed by atoms with Crippen molar-refractivity contribution in [3.8, 4) is 22.8 Å². The van der Waals surface area contributed by atoms with Crippen LogP contribution in [0.5, 0.6) is 11.5 Å². The molecule has 178 valence electrons. The lowest BCUT2D eigenvalue weighted by Gasteiger charge is -2.19. The minimum Gasteiger partial charge on any atom is -0.493 e. The van der Waals surface area contributed by atoms with Crippen molar-refractivity contribution in [3.05, 3.63) is 84.4 Å². The van der Waals surface area contributed by atoms with Crippen molar-refractivity contribution in [3.63, 3.8) is 0 Å². The Hall–Kier alpha value is -4.59. The van der Waals surface area contributed by atoms with Crippen LogP contribution in [0.1, 0.15) is 10.4 Å². The maximum absolute atomic E-state index is 13.1. The number of hydrogen-bond acceptors (Lipinski definition) is 6. The summed E-state index contributed by atoms with van der Waals surface area (Å²) >= 11 is 0. The van der Waals surface area contributed by atoms with E-state index in [1.807, 2.05) is 67.7 Å². The second kappa shape index (κ2) is 10.6. The van der Waals surface area contributed by atoms with Crippen LogP contribution in [0.15, 0.2) is 78.9 Å². The number of aromatic nitrogens is 1. The number of benzene rings is 3. The fourth-order valence-electron chi connectivity index (χ4n) is 3.73. The van der Waals surface area contributed by atoms with Gasteiger partial charge in [0.1, 0.15) is 0 Å². The Morgan fingerprint density at radius 3 is 2.31 bits per heavy atom. The van der Waals surface area contributed by atoms with Crippen molar-refractivity contribution in [1.82, 2.24) is 15.8 Å². The van der Waals surface area contributed by atoms with Crippen molar-refractivity contribution in [1.29, 1.82) is 0 Å². The van der Waals surface area contributed by atoms with E-state index >= 15 is 0 Å². The minimum atomic E-state index is -0.443. The number of fused-ring (bicyclic) bond motifs is 1. The van der Waals surface area contributed by atoms with Crippen LogP contribution in [0.2, 0.25) is 0 Å². The van der Waals surface area contributed by atoms with E-state index in [2.05, 4.69) is 10.9 Å². The molecule has 4 aromatic rings. The fraction of sp³-hybridized carbons (Fsp3) is 0.148. The zero-order valence-corrected chi connectivity index (χ0v) is 19.7. The Morgan fingerprint density at radius 2 is 1.57 bits per heavy atom. The number of amides is 2. The van der Waals surface area contributed by atoms with E-state index < -0.39 is 5.91 Å². The summed E-state index contributed by atoms with van der Waals surface area (Å²) in [5, 5.41) is 0.671. The number of hydrogen-bond donors (Lipinski definition) is 2. The van der Waals surface area contributed by atoms with E-state index in [4.69, 9.17) is 14.5 Å². The number of methoxy groups -OCH3 is 2. The zero-order chi connectivity index (χ0) is 24.8. The number of carbonyl (C=O) groups excluding carboxylic acids is 2. The Kier molecular flexibility index (Phi) is 7.11. The molecule has 0 bridgehead atoms. The van der Waals surface area contributed by atoms with E-state index in [1.165, 1.54) is 0 Å². The molecule has 0 saturated carbocycles. The highest BCUT2D eigenvalue weighted by molar-refractivity contribution is 6.07. The van der Waals surface area contributed by atoms with Gasteiger partial charge in [-0.05, 0) is 42.5 Å². The molecule has 35 heavy (non-hydrogen) atoms. The van der Waals surface area contributed by atoms with Crippen LogP contribution in [-0.2, 0) is 4.79 Å². The first kappa shape index (κ1) is 23.6. The fourth-order valence-corrected chi connectivity index (χ4v) is 3.73. The third-order valence-corrected chi connectivity index (χ3v) is 5.53. The topological polar surface area (TPSA) is 92.8 Å². The van der Waals surface area contributed by atoms with Crippen LogP contribution < -0.4 is 25.2 Å². The first-order chi connectivity index (χ1) is 17.0. The summed E-state index contributed by atoms with van der Waals surface area (Å²) < 4.78 is 10.7. The minimum absolute atomic E-state index is 0.0816. The summed E-state index contributed by atoms with van der Waals surface area (Å²) in [6.07, 6.45) is 0. The quantitative estimate of drug-likeness (QED) is 0.399. The van der Waals surface area contributed by atoms with Gasteiger partial charge >= 0.3 is 0 Å². The number of ether oxygens (including phenoxy) is 2. The largest absolute Gasteiger partial charge is 0.493 e. The molecule has 3 aromatic carbocycles. The normalized spacial score (nSPS) is 10.5. The molecule has 0 radical (unpaired) electrons. The SMILES string of the molecule is COc1ccc(-c2cc(C(=O)NNC(=O)CN(C)c3ccccc3)c3ccccc3n2)cc1OC. The maximum atomic E-state index is 13.1. The van der Waals surface area contributed by atoms with Gasteiger partial charge in [-0.25, -0.2) is 4.98 Å². The second-order valence-corrected chi connectivity index (χ2v) is 7.84. The number of hydrazine groups is 1. The molecule has 1 heterocycles. The highest BCUT2D eigenvalue weighted by atomic mass is 16.5. The second-order valence-electron chi connectivity index (χ2n) is 7.84. The Labute approximate surface area is 203 Å². The highest BCUT2D eigenvalue weighted by Gasteiger charge is 2.16. The Balaban J connectivity index is 1.56. The molecule has 0 unspecified atom stereocenters. The Morgan fingerprint density at radius 1 is 0.857 bits per heavy atom. The molecule has 8 heteroatoms. The van der Waals surface area contributed by atoms with Crippen molar-refractivity contribution in [2.24, 2.45) is 0 Å². The lowest BCUT2D eigenvalue weighted by atomic mass is 10.0. The van der Waals surface area contributed by atoms with E-state index in [9.17, 15) is 9.59 Å². The molecule has 0 atom stereocenters. The van der Waals surface area contributed by atoms with Gasteiger partial charge in [-0.15, -0.1) is 0 Å². The van der Waals surface area contributed by atoms with Gasteiger partial charge < -0.3 is 14.4 Å². The molecule has 8 nitrogen and oxygen atoms in total. The Bertz CT molecular complexity index is 1360. The van der Waals surface area contributed by atoms with Crippen LogP contribution in [-0.4, -0.2) is 44.6 Å². The van der Waals surface area contributed by atoms with Crippen LogP contribution in [0.25, 0.3) is 22.2 Å². The number of anilines is 1. The van der Waals surface area contributed by atoms with Crippen LogP contribution in [0, 0.1) is 0 Å². The molecule has 0 aliphatic rings. The number of pyridine rings is 1. The average Bonchev–Trinajstić information content (AvgIpc) is 2.91. The molecule has 0 fully saturated rings. The zero-order valence-electron chi connectivity index (χ0n) is 19.7. The van der Waals surface area contributed by atoms with E-state index in [0.29, 0.717) is 33.7 Å². The third-order valence-electron chi connectivity index (χ3n) is 5.53. The van der Waals surface area contributed by atoms with Gasteiger partial charge in [0.2, 0.25) is 0 Å². The van der Waals surface area contributed by atoms with E-state index in [-0.39, 0.29) is 12.5 Å². The van der Waals surface area contributed by atoms with Crippen molar-refractivity contribution in [2.75, 3.05) is 32.7 Å². The number of nitrogens with zero attached hydrogens (tertiary/aromatic N) is 2. The van der Waals surface area contributed by atoms with Crippen LogP contribution >= 0.6 is 0 Å². The molecule has 4 rings (SSSR count). The number of nitrogens with one attached hydrogen (secondary N) is 2. The molecule has 1 aromatic heterocycles. The number of para-hydroxylation sites is 2. The van der Waals surface area contributed by atoms with Crippen molar-refractivity contribution < 1.29 is 19.1 Å². The average molecular weight is 471 g/mol.